The quantitative estimate of drug-likeness (QED) is 0.441. The average Bonchev–Trinajstić information content (AvgIpc) is 2.73. The molecule has 1 heterocycles. The van der Waals surface area contributed by atoms with Crippen molar-refractivity contribution in [1.82, 2.24) is 9.97 Å². The Kier molecular flexibility index (Phi) is 5.34. The largest absolute Gasteiger partial charge is 0.495 e. The van der Waals surface area contributed by atoms with Crippen molar-refractivity contribution in [3.8, 4) is 11.5 Å². The number of rotatable bonds is 6. The van der Waals surface area contributed by atoms with E-state index in [0.29, 0.717) is 23.9 Å². The van der Waals surface area contributed by atoms with Crippen LogP contribution in [0.1, 0.15) is 11.1 Å². The van der Waals surface area contributed by atoms with E-state index < -0.39 is 0 Å². The molecule has 0 amide bonds. The number of ether oxygens (including phenoxy) is 2. The number of fused-ring (bicyclic) bond motifs is 1. The fourth-order valence-electron chi connectivity index (χ4n) is 3.19. The lowest BCUT2D eigenvalue weighted by molar-refractivity contribution is 0.303. The summed E-state index contributed by atoms with van der Waals surface area (Å²) in [5.74, 6) is 1.67. The second kappa shape index (κ2) is 8.24. The molecule has 1 aromatic heterocycles. The maximum Gasteiger partial charge on any atom is 0.143 e. The van der Waals surface area contributed by atoms with E-state index in [4.69, 9.17) is 15.2 Å². The van der Waals surface area contributed by atoms with E-state index >= 15 is 0 Å². The summed E-state index contributed by atoms with van der Waals surface area (Å²) in [6, 6.07) is 15.7. The highest BCUT2D eigenvalue weighted by Crippen LogP contribution is 2.32. The van der Waals surface area contributed by atoms with Crippen LogP contribution in [0, 0.1) is 12.7 Å². The van der Waals surface area contributed by atoms with Gasteiger partial charge in [-0.2, -0.15) is 0 Å². The van der Waals surface area contributed by atoms with Gasteiger partial charge in [0, 0.05) is 17.1 Å². The number of hydrogen-bond acceptors (Lipinski definition) is 6. The minimum absolute atomic E-state index is 0.275. The van der Waals surface area contributed by atoms with Crippen molar-refractivity contribution in [3.63, 3.8) is 0 Å². The van der Waals surface area contributed by atoms with Crippen LogP contribution in [-0.4, -0.2) is 17.1 Å². The first-order valence-corrected chi connectivity index (χ1v) is 9.36. The highest BCUT2D eigenvalue weighted by molar-refractivity contribution is 5.94. The van der Waals surface area contributed by atoms with Gasteiger partial charge in [-0.05, 0) is 54.4 Å². The summed E-state index contributed by atoms with van der Waals surface area (Å²) in [5.41, 5.74) is 9.85. The standard InChI is InChI=1S/C23H21FN4O2/c1-14-8-17(6-7-21(14)30-12-15-4-3-5-16(24)9-15)28-23-18-10-19(25)22(29-2)11-20(18)26-13-27-23/h3-11,13H,12,25H2,1-2H3,(H,26,27,28). The second-order valence-electron chi connectivity index (χ2n) is 6.86. The van der Waals surface area contributed by atoms with Gasteiger partial charge in [-0.25, -0.2) is 14.4 Å². The number of nitrogens with one attached hydrogen (secondary N) is 1. The van der Waals surface area contributed by atoms with Crippen LogP contribution in [0.2, 0.25) is 0 Å². The van der Waals surface area contributed by atoms with Crippen LogP contribution in [0.3, 0.4) is 0 Å². The van der Waals surface area contributed by atoms with Gasteiger partial charge < -0.3 is 20.5 Å². The molecular formula is C23H21FN4O2. The second-order valence-corrected chi connectivity index (χ2v) is 6.86. The molecule has 0 aliphatic heterocycles. The summed E-state index contributed by atoms with van der Waals surface area (Å²) in [7, 11) is 1.57. The molecule has 30 heavy (non-hydrogen) atoms. The van der Waals surface area contributed by atoms with Crippen molar-refractivity contribution in [3.05, 3.63) is 77.9 Å². The molecule has 0 aliphatic rings. The average molecular weight is 404 g/mol. The minimum Gasteiger partial charge on any atom is -0.495 e. The summed E-state index contributed by atoms with van der Waals surface area (Å²) in [6.07, 6.45) is 1.49. The maximum atomic E-state index is 13.3. The number of benzene rings is 3. The maximum absolute atomic E-state index is 13.3. The van der Waals surface area contributed by atoms with Gasteiger partial charge in [-0.15, -0.1) is 0 Å². The summed E-state index contributed by atoms with van der Waals surface area (Å²) in [6.45, 7) is 2.25. The van der Waals surface area contributed by atoms with E-state index in [-0.39, 0.29) is 5.82 Å². The molecule has 152 valence electrons. The van der Waals surface area contributed by atoms with Gasteiger partial charge in [0.2, 0.25) is 0 Å². The first-order valence-electron chi connectivity index (χ1n) is 9.36. The molecule has 0 unspecified atom stereocenters. The zero-order valence-electron chi connectivity index (χ0n) is 16.6. The number of nitrogens with zero attached hydrogens (tertiary/aromatic N) is 2. The van der Waals surface area contributed by atoms with Crippen LogP contribution in [-0.2, 0) is 6.61 Å². The van der Waals surface area contributed by atoms with Crippen LogP contribution >= 0.6 is 0 Å². The third kappa shape index (κ3) is 4.10. The molecule has 7 heteroatoms. The summed E-state index contributed by atoms with van der Waals surface area (Å²) in [4.78, 5) is 8.64. The van der Waals surface area contributed by atoms with Crippen LogP contribution in [0.25, 0.3) is 10.9 Å². The first kappa shape index (κ1) is 19.4. The van der Waals surface area contributed by atoms with Gasteiger partial charge in [0.1, 0.15) is 36.1 Å². The number of halogens is 1. The Morgan fingerprint density at radius 3 is 2.67 bits per heavy atom. The highest BCUT2D eigenvalue weighted by Gasteiger charge is 2.10. The molecule has 3 aromatic carbocycles. The van der Waals surface area contributed by atoms with Crippen molar-refractivity contribution in [2.45, 2.75) is 13.5 Å². The van der Waals surface area contributed by atoms with E-state index in [1.54, 1.807) is 25.3 Å². The lowest BCUT2D eigenvalue weighted by Crippen LogP contribution is -2.00. The molecule has 3 N–H and O–H groups in total. The van der Waals surface area contributed by atoms with Crippen LogP contribution in [0.15, 0.2) is 60.9 Å². The van der Waals surface area contributed by atoms with Crippen molar-refractivity contribution >= 4 is 28.1 Å². The topological polar surface area (TPSA) is 82.3 Å². The van der Waals surface area contributed by atoms with E-state index in [2.05, 4.69) is 15.3 Å². The van der Waals surface area contributed by atoms with Crippen LogP contribution in [0.4, 0.5) is 21.6 Å². The van der Waals surface area contributed by atoms with E-state index in [0.717, 1.165) is 33.5 Å². The first-order chi connectivity index (χ1) is 14.5. The Bertz CT molecular complexity index is 1210. The van der Waals surface area contributed by atoms with Crippen molar-refractivity contribution in [2.24, 2.45) is 0 Å². The summed E-state index contributed by atoms with van der Waals surface area (Å²) < 4.78 is 24.4. The molecule has 4 aromatic rings. The van der Waals surface area contributed by atoms with Crippen molar-refractivity contribution in [1.29, 1.82) is 0 Å². The van der Waals surface area contributed by atoms with Crippen molar-refractivity contribution in [2.75, 3.05) is 18.2 Å². The predicted octanol–water partition coefficient (Wildman–Crippen LogP) is 4.99. The molecule has 0 spiro atoms. The SMILES string of the molecule is COc1cc2ncnc(Nc3ccc(OCc4cccc(F)c4)c(C)c3)c2cc1N. The number of nitrogens with two attached hydrogens (primary N) is 1. The highest BCUT2D eigenvalue weighted by atomic mass is 19.1. The predicted molar refractivity (Wildman–Crippen MR) is 116 cm³/mol. The fourth-order valence-corrected chi connectivity index (χ4v) is 3.19. The number of anilines is 3. The molecule has 0 fully saturated rings. The molecular weight excluding hydrogens is 383 g/mol. The monoisotopic (exact) mass is 404 g/mol. The molecule has 0 saturated heterocycles. The molecule has 6 nitrogen and oxygen atoms in total. The molecule has 0 bridgehead atoms. The molecule has 4 rings (SSSR count). The smallest absolute Gasteiger partial charge is 0.143 e. The van der Waals surface area contributed by atoms with Gasteiger partial charge >= 0.3 is 0 Å². The number of nitrogen functional groups attached to an aromatic ring is 1. The van der Waals surface area contributed by atoms with Gasteiger partial charge in [0.25, 0.3) is 0 Å². The normalized spacial score (nSPS) is 10.8. The Balaban J connectivity index is 1.54. The zero-order valence-corrected chi connectivity index (χ0v) is 16.6. The number of aryl methyl sites for hydroxylation is 1. The van der Waals surface area contributed by atoms with Gasteiger partial charge in [-0.1, -0.05) is 12.1 Å². The van der Waals surface area contributed by atoms with Gasteiger partial charge in [0.05, 0.1) is 18.3 Å². The lowest BCUT2D eigenvalue weighted by Gasteiger charge is -2.13. The molecule has 0 aliphatic carbocycles. The Morgan fingerprint density at radius 1 is 1.03 bits per heavy atom. The lowest BCUT2D eigenvalue weighted by atomic mass is 10.1. The number of hydrogen-bond donors (Lipinski definition) is 2. The summed E-state index contributed by atoms with van der Waals surface area (Å²) in [5, 5.41) is 4.10. The Labute approximate surface area is 173 Å². The fraction of sp³-hybridized carbons (Fsp3) is 0.130. The third-order valence-corrected chi connectivity index (χ3v) is 4.71. The van der Waals surface area contributed by atoms with E-state index in [1.165, 1.54) is 18.5 Å². The van der Waals surface area contributed by atoms with Gasteiger partial charge in [-0.3, -0.25) is 0 Å². The number of aromatic nitrogens is 2. The van der Waals surface area contributed by atoms with Crippen LogP contribution in [0.5, 0.6) is 11.5 Å². The Hall–Kier alpha value is -3.87. The molecule has 0 radical (unpaired) electrons. The van der Waals surface area contributed by atoms with E-state index in [9.17, 15) is 4.39 Å². The Morgan fingerprint density at radius 2 is 1.90 bits per heavy atom. The third-order valence-electron chi connectivity index (χ3n) is 4.71. The molecule has 0 saturated carbocycles. The van der Waals surface area contributed by atoms with Crippen LogP contribution < -0.4 is 20.5 Å². The summed E-state index contributed by atoms with van der Waals surface area (Å²) >= 11 is 0. The molecule has 0 atom stereocenters. The minimum atomic E-state index is -0.275. The zero-order chi connectivity index (χ0) is 21.1. The number of methoxy groups -OCH3 is 1. The van der Waals surface area contributed by atoms with Crippen molar-refractivity contribution < 1.29 is 13.9 Å². The van der Waals surface area contributed by atoms with Gasteiger partial charge in [0.15, 0.2) is 0 Å². The van der Waals surface area contributed by atoms with E-state index in [1.807, 2.05) is 31.2 Å².